The average Bonchev–Trinajstić information content (AvgIpc) is 2.30. The number of likely N-dealkylation sites (tertiary alicyclic amines) is 1. The lowest BCUT2D eigenvalue weighted by atomic mass is 9.99. The Labute approximate surface area is 112 Å². The van der Waals surface area contributed by atoms with Crippen molar-refractivity contribution < 1.29 is 4.79 Å². The number of hydrogen-bond acceptors (Lipinski definition) is 2. The second-order valence-corrected chi connectivity index (χ2v) is 6.18. The summed E-state index contributed by atoms with van der Waals surface area (Å²) in [7, 11) is 0. The third-order valence-corrected chi connectivity index (χ3v) is 3.69. The van der Waals surface area contributed by atoms with Gasteiger partial charge < -0.3 is 10.2 Å². The molecule has 0 unspecified atom stereocenters. The molecule has 1 rings (SSSR count). The van der Waals surface area contributed by atoms with E-state index in [0.29, 0.717) is 12.3 Å². The predicted octanol–water partition coefficient (Wildman–Crippen LogP) is 2.66. The molecule has 0 bridgehead atoms. The van der Waals surface area contributed by atoms with Crippen molar-refractivity contribution in [2.24, 2.45) is 11.8 Å². The van der Waals surface area contributed by atoms with Crippen LogP contribution in [0, 0.1) is 11.8 Å². The minimum absolute atomic E-state index is 0.205. The first kappa shape index (κ1) is 15.5. The summed E-state index contributed by atoms with van der Waals surface area (Å²) < 4.78 is 0. The number of carbonyl (C=O) groups is 1. The van der Waals surface area contributed by atoms with Crippen molar-refractivity contribution in [3.8, 4) is 0 Å². The molecule has 0 aliphatic carbocycles. The maximum absolute atomic E-state index is 11.4. The Kier molecular flexibility index (Phi) is 7.33. The van der Waals surface area contributed by atoms with Gasteiger partial charge in [-0.3, -0.25) is 4.79 Å². The number of amides is 1. The molecule has 1 saturated heterocycles. The van der Waals surface area contributed by atoms with Crippen LogP contribution in [0.5, 0.6) is 0 Å². The van der Waals surface area contributed by atoms with Gasteiger partial charge in [-0.2, -0.15) is 0 Å². The lowest BCUT2D eigenvalue weighted by molar-refractivity contribution is -0.121. The van der Waals surface area contributed by atoms with Crippen LogP contribution in [0.15, 0.2) is 0 Å². The Morgan fingerprint density at radius 2 is 1.94 bits per heavy atom. The molecule has 0 atom stereocenters. The van der Waals surface area contributed by atoms with E-state index in [9.17, 15) is 4.79 Å². The third-order valence-electron chi connectivity index (χ3n) is 3.69. The molecule has 1 fully saturated rings. The molecule has 1 heterocycles. The van der Waals surface area contributed by atoms with E-state index in [0.717, 1.165) is 18.9 Å². The fourth-order valence-corrected chi connectivity index (χ4v) is 2.42. The summed E-state index contributed by atoms with van der Waals surface area (Å²) in [6.07, 6.45) is 5.67. The van der Waals surface area contributed by atoms with Crippen LogP contribution in [-0.2, 0) is 4.79 Å². The number of piperidine rings is 1. The van der Waals surface area contributed by atoms with Crippen molar-refractivity contribution in [1.29, 1.82) is 0 Å². The molecule has 1 amide bonds. The topological polar surface area (TPSA) is 32.3 Å². The van der Waals surface area contributed by atoms with Crippen LogP contribution in [0.4, 0.5) is 0 Å². The zero-order valence-electron chi connectivity index (χ0n) is 12.4. The van der Waals surface area contributed by atoms with E-state index in [1.54, 1.807) is 0 Å². The van der Waals surface area contributed by atoms with Crippen LogP contribution in [0.1, 0.15) is 52.9 Å². The van der Waals surface area contributed by atoms with Crippen molar-refractivity contribution in [3.63, 3.8) is 0 Å². The molecule has 1 aliphatic heterocycles. The normalized spacial score (nSPS) is 18.2. The molecular formula is C15H30N2O. The lowest BCUT2D eigenvalue weighted by Gasteiger charge is -2.30. The SMILES string of the molecule is CC(C)CC(=O)NCCCCN1CCC(C)CC1. The summed E-state index contributed by atoms with van der Waals surface area (Å²) in [5, 5.41) is 3.00. The maximum Gasteiger partial charge on any atom is 0.220 e. The van der Waals surface area contributed by atoms with Gasteiger partial charge in [-0.15, -0.1) is 0 Å². The predicted molar refractivity (Wildman–Crippen MR) is 76.5 cm³/mol. The fraction of sp³-hybridized carbons (Fsp3) is 0.933. The molecule has 3 heteroatoms. The fourth-order valence-electron chi connectivity index (χ4n) is 2.42. The zero-order valence-corrected chi connectivity index (χ0v) is 12.4. The summed E-state index contributed by atoms with van der Waals surface area (Å²) in [5.74, 6) is 1.58. The summed E-state index contributed by atoms with van der Waals surface area (Å²) in [6.45, 7) is 11.1. The van der Waals surface area contributed by atoms with Crippen molar-refractivity contribution in [2.75, 3.05) is 26.2 Å². The van der Waals surface area contributed by atoms with E-state index in [2.05, 4.69) is 31.0 Å². The number of nitrogens with zero attached hydrogens (tertiary/aromatic N) is 1. The molecule has 18 heavy (non-hydrogen) atoms. The summed E-state index contributed by atoms with van der Waals surface area (Å²) in [6, 6.07) is 0. The average molecular weight is 254 g/mol. The van der Waals surface area contributed by atoms with E-state index in [1.165, 1.54) is 38.9 Å². The largest absolute Gasteiger partial charge is 0.356 e. The Morgan fingerprint density at radius 1 is 1.28 bits per heavy atom. The Hall–Kier alpha value is -0.570. The van der Waals surface area contributed by atoms with E-state index in [-0.39, 0.29) is 5.91 Å². The van der Waals surface area contributed by atoms with Crippen molar-refractivity contribution in [2.45, 2.75) is 52.9 Å². The van der Waals surface area contributed by atoms with Gasteiger partial charge in [-0.1, -0.05) is 20.8 Å². The minimum atomic E-state index is 0.205. The van der Waals surface area contributed by atoms with E-state index in [4.69, 9.17) is 0 Å². The molecule has 0 spiro atoms. The Bertz CT molecular complexity index is 233. The van der Waals surface area contributed by atoms with Crippen molar-refractivity contribution in [3.05, 3.63) is 0 Å². The van der Waals surface area contributed by atoms with Crippen LogP contribution in [0.3, 0.4) is 0 Å². The molecule has 1 N–H and O–H groups in total. The number of nitrogens with one attached hydrogen (secondary N) is 1. The van der Waals surface area contributed by atoms with Crippen LogP contribution >= 0.6 is 0 Å². The molecule has 0 radical (unpaired) electrons. The quantitative estimate of drug-likeness (QED) is 0.708. The van der Waals surface area contributed by atoms with Crippen LogP contribution < -0.4 is 5.32 Å². The maximum atomic E-state index is 11.4. The van der Waals surface area contributed by atoms with Gasteiger partial charge in [0.2, 0.25) is 5.91 Å². The molecular weight excluding hydrogens is 224 g/mol. The smallest absolute Gasteiger partial charge is 0.220 e. The van der Waals surface area contributed by atoms with Gasteiger partial charge in [0.25, 0.3) is 0 Å². The first-order valence-corrected chi connectivity index (χ1v) is 7.57. The lowest BCUT2D eigenvalue weighted by Crippen LogP contribution is -2.34. The van der Waals surface area contributed by atoms with E-state index >= 15 is 0 Å². The molecule has 0 aromatic rings. The van der Waals surface area contributed by atoms with Gasteiger partial charge in [0.15, 0.2) is 0 Å². The number of carbonyl (C=O) groups excluding carboxylic acids is 1. The van der Waals surface area contributed by atoms with Gasteiger partial charge >= 0.3 is 0 Å². The van der Waals surface area contributed by atoms with Gasteiger partial charge in [0, 0.05) is 13.0 Å². The number of hydrogen-bond donors (Lipinski definition) is 1. The summed E-state index contributed by atoms with van der Waals surface area (Å²) >= 11 is 0. The first-order valence-electron chi connectivity index (χ1n) is 7.57. The molecule has 0 aromatic heterocycles. The number of rotatable bonds is 7. The number of unbranched alkanes of at least 4 members (excludes halogenated alkanes) is 1. The van der Waals surface area contributed by atoms with Gasteiger partial charge in [0.05, 0.1) is 0 Å². The Balaban J connectivity index is 1.94. The van der Waals surface area contributed by atoms with Crippen molar-refractivity contribution >= 4 is 5.91 Å². The monoisotopic (exact) mass is 254 g/mol. The molecule has 1 aliphatic rings. The minimum Gasteiger partial charge on any atom is -0.356 e. The molecule has 0 saturated carbocycles. The Morgan fingerprint density at radius 3 is 2.56 bits per heavy atom. The van der Waals surface area contributed by atoms with Gasteiger partial charge in [0.1, 0.15) is 0 Å². The van der Waals surface area contributed by atoms with E-state index in [1.807, 2.05) is 0 Å². The molecule has 0 aromatic carbocycles. The standard InChI is InChI=1S/C15H30N2O/c1-13(2)12-15(18)16-8-4-5-9-17-10-6-14(3)7-11-17/h13-14H,4-12H2,1-3H3,(H,16,18). The molecule has 3 nitrogen and oxygen atoms in total. The van der Waals surface area contributed by atoms with Gasteiger partial charge in [-0.25, -0.2) is 0 Å². The first-order chi connectivity index (χ1) is 8.58. The van der Waals surface area contributed by atoms with Gasteiger partial charge in [-0.05, 0) is 57.2 Å². The zero-order chi connectivity index (χ0) is 13.4. The van der Waals surface area contributed by atoms with Crippen LogP contribution in [-0.4, -0.2) is 37.0 Å². The van der Waals surface area contributed by atoms with E-state index < -0.39 is 0 Å². The second kappa shape index (κ2) is 8.52. The highest BCUT2D eigenvalue weighted by atomic mass is 16.1. The highest BCUT2D eigenvalue weighted by molar-refractivity contribution is 5.75. The van der Waals surface area contributed by atoms with Crippen molar-refractivity contribution in [1.82, 2.24) is 10.2 Å². The highest BCUT2D eigenvalue weighted by Crippen LogP contribution is 2.15. The van der Waals surface area contributed by atoms with Crippen LogP contribution in [0.2, 0.25) is 0 Å². The molecule has 106 valence electrons. The highest BCUT2D eigenvalue weighted by Gasteiger charge is 2.14. The third kappa shape index (κ3) is 7.00. The summed E-state index contributed by atoms with van der Waals surface area (Å²) in [4.78, 5) is 14.0. The second-order valence-electron chi connectivity index (χ2n) is 6.18. The van der Waals surface area contributed by atoms with Crippen LogP contribution in [0.25, 0.3) is 0 Å². The summed E-state index contributed by atoms with van der Waals surface area (Å²) in [5.41, 5.74) is 0.